The molecule has 0 aliphatic carbocycles. The van der Waals surface area contributed by atoms with Gasteiger partial charge in [-0.3, -0.25) is 14.6 Å². The molecule has 0 bridgehead atoms. The van der Waals surface area contributed by atoms with E-state index in [1.165, 1.54) is 0 Å². The van der Waals surface area contributed by atoms with Gasteiger partial charge in [-0.05, 0) is 31.0 Å². The van der Waals surface area contributed by atoms with Crippen molar-refractivity contribution in [1.29, 1.82) is 0 Å². The number of likely N-dealkylation sites (tertiary alicyclic amines) is 1. The van der Waals surface area contributed by atoms with Crippen molar-refractivity contribution in [2.75, 3.05) is 7.05 Å². The molecule has 2 atom stereocenters. The van der Waals surface area contributed by atoms with Crippen molar-refractivity contribution in [3.63, 3.8) is 0 Å². The monoisotopic (exact) mass is 339 g/mol. The summed E-state index contributed by atoms with van der Waals surface area (Å²) in [4.78, 5) is 30.8. The van der Waals surface area contributed by atoms with Crippen LogP contribution in [-0.4, -0.2) is 45.0 Å². The first-order chi connectivity index (χ1) is 12.0. The third-order valence-corrected chi connectivity index (χ3v) is 4.50. The third kappa shape index (κ3) is 3.35. The lowest BCUT2D eigenvalue weighted by molar-refractivity contribution is -0.127. The number of nitrogens with zero attached hydrogens (tertiary/aromatic N) is 4. The Morgan fingerprint density at radius 1 is 1.40 bits per heavy atom. The molecule has 7 nitrogen and oxygen atoms in total. The number of hydrogen-bond donors (Lipinski definition) is 1. The highest BCUT2D eigenvalue weighted by Crippen LogP contribution is 2.31. The quantitative estimate of drug-likeness (QED) is 0.911. The Balaban J connectivity index is 1.87. The van der Waals surface area contributed by atoms with Gasteiger partial charge in [0.1, 0.15) is 0 Å². The summed E-state index contributed by atoms with van der Waals surface area (Å²) >= 11 is 0. The molecule has 0 radical (unpaired) electrons. The molecule has 0 aromatic carbocycles. The van der Waals surface area contributed by atoms with E-state index in [1.807, 2.05) is 19.1 Å². The van der Waals surface area contributed by atoms with Crippen molar-refractivity contribution in [3.8, 4) is 0 Å². The van der Waals surface area contributed by atoms with Gasteiger partial charge in [0.05, 0.1) is 29.0 Å². The lowest BCUT2D eigenvalue weighted by atomic mass is 10.0. The summed E-state index contributed by atoms with van der Waals surface area (Å²) in [6.45, 7) is 3.73. The summed E-state index contributed by atoms with van der Waals surface area (Å²) in [5.74, 6) is -0.226. The second-order valence-corrected chi connectivity index (χ2v) is 6.22. The maximum atomic E-state index is 12.8. The van der Waals surface area contributed by atoms with Crippen LogP contribution in [0.2, 0.25) is 0 Å². The number of amides is 2. The zero-order valence-electron chi connectivity index (χ0n) is 14.6. The van der Waals surface area contributed by atoms with Gasteiger partial charge in [0, 0.05) is 25.9 Å². The molecule has 0 saturated carbocycles. The molecule has 1 fully saturated rings. The van der Waals surface area contributed by atoms with Crippen LogP contribution in [0.4, 0.5) is 0 Å². The average molecular weight is 339 g/mol. The maximum absolute atomic E-state index is 12.8. The van der Waals surface area contributed by atoms with Gasteiger partial charge in [0.2, 0.25) is 5.91 Å². The minimum Gasteiger partial charge on any atom is -0.346 e. The van der Waals surface area contributed by atoms with Crippen LogP contribution in [0.25, 0.3) is 0 Å². The second kappa shape index (κ2) is 6.96. The van der Waals surface area contributed by atoms with E-state index >= 15 is 0 Å². The molecule has 0 unspecified atom stereocenters. The predicted octanol–water partition coefficient (Wildman–Crippen LogP) is 1.44. The Morgan fingerprint density at radius 2 is 2.20 bits per heavy atom. The fourth-order valence-electron chi connectivity index (χ4n) is 3.22. The van der Waals surface area contributed by atoms with Crippen LogP contribution in [0.1, 0.15) is 46.7 Å². The van der Waals surface area contributed by atoms with E-state index in [9.17, 15) is 9.59 Å². The summed E-state index contributed by atoms with van der Waals surface area (Å²) < 4.78 is 0. The van der Waals surface area contributed by atoms with E-state index in [2.05, 4.69) is 20.5 Å². The van der Waals surface area contributed by atoms with Crippen LogP contribution >= 0.6 is 0 Å². The van der Waals surface area contributed by atoms with Crippen molar-refractivity contribution in [2.45, 2.75) is 38.8 Å². The standard InChI is InChI=1S/C18H21N5O2/c1-4-14-13(8-11(2)21-22-14)18(25)20-15-9-16(24)23(3)17(15)12-6-5-7-19-10-12/h5-8,10,15,17H,4,9H2,1-3H3,(H,20,25)/t15-,17+/m1/s1. The summed E-state index contributed by atoms with van der Waals surface area (Å²) in [5.41, 5.74) is 2.76. The van der Waals surface area contributed by atoms with Gasteiger partial charge in [0.25, 0.3) is 5.91 Å². The molecular formula is C18H21N5O2. The molecule has 130 valence electrons. The maximum Gasteiger partial charge on any atom is 0.253 e. The van der Waals surface area contributed by atoms with Crippen LogP contribution < -0.4 is 5.32 Å². The summed E-state index contributed by atoms with van der Waals surface area (Å²) in [5, 5.41) is 11.1. The van der Waals surface area contributed by atoms with Gasteiger partial charge >= 0.3 is 0 Å². The highest BCUT2D eigenvalue weighted by Gasteiger charge is 2.39. The van der Waals surface area contributed by atoms with Crippen LogP contribution in [0, 0.1) is 6.92 Å². The second-order valence-electron chi connectivity index (χ2n) is 6.22. The lowest BCUT2D eigenvalue weighted by Crippen LogP contribution is -2.39. The van der Waals surface area contributed by atoms with Crippen molar-refractivity contribution < 1.29 is 9.59 Å². The topological polar surface area (TPSA) is 88.1 Å². The molecule has 25 heavy (non-hydrogen) atoms. The SMILES string of the molecule is CCc1nnc(C)cc1C(=O)N[C@@H]1CC(=O)N(C)[C@H]1c1cccnc1. The molecule has 2 amide bonds. The molecule has 1 aliphatic heterocycles. The fourth-order valence-corrected chi connectivity index (χ4v) is 3.22. The number of aryl methyl sites for hydroxylation is 2. The number of likely N-dealkylation sites (N-methyl/N-ethyl adjacent to an activating group) is 1. The van der Waals surface area contributed by atoms with Crippen molar-refractivity contribution in [3.05, 3.63) is 53.1 Å². The highest BCUT2D eigenvalue weighted by atomic mass is 16.2. The van der Waals surface area contributed by atoms with E-state index in [0.717, 1.165) is 5.56 Å². The first-order valence-corrected chi connectivity index (χ1v) is 8.31. The van der Waals surface area contributed by atoms with Gasteiger partial charge < -0.3 is 10.2 Å². The minimum absolute atomic E-state index is 0.00102. The smallest absolute Gasteiger partial charge is 0.253 e. The Hall–Kier alpha value is -2.83. The van der Waals surface area contributed by atoms with Crippen LogP contribution in [0.15, 0.2) is 30.6 Å². The summed E-state index contributed by atoms with van der Waals surface area (Å²) in [6, 6.07) is 4.94. The Labute approximate surface area is 146 Å². The summed E-state index contributed by atoms with van der Waals surface area (Å²) in [7, 11) is 1.75. The first-order valence-electron chi connectivity index (χ1n) is 8.31. The first kappa shape index (κ1) is 17.0. The Morgan fingerprint density at radius 3 is 2.88 bits per heavy atom. The van der Waals surface area contributed by atoms with Crippen molar-refractivity contribution in [2.24, 2.45) is 0 Å². The molecule has 1 saturated heterocycles. The van der Waals surface area contributed by atoms with Crippen LogP contribution in [-0.2, 0) is 11.2 Å². The van der Waals surface area contributed by atoms with E-state index in [-0.39, 0.29) is 30.3 Å². The van der Waals surface area contributed by atoms with Gasteiger partial charge in [-0.2, -0.15) is 10.2 Å². The zero-order chi connectivity index (χ0) is 18.0. The number of carbonyl (C=O) groups is 2. The van der Waals surface area contributed by atoms with E-state index in [1.54, 1.807) is 37.3 Å². The van der Waals surface area contributed by atoms with Gasteiger partial charge in [0.15, 0.2) is 0 Å². The molecule has 1 aliphatic rings. The number of nitrogens with one attached hydrogen (secondary N) is 1. The number of pyridine rings is 1. The number of hydrogen-bond acceptors (Lipinski definition) is 5. The minimum atomic E-state index is -0.313. The number of carbonyl (C=O) groups excluding carboxylic acids is 2. The molecule has 2 aromatic rings. The lowest BCUT2D eigenvalue weighted by Gasteiger charge is -2.25. The van der Waals surface area contributed by atoms with Crippen LogP contribution in [0.5, 0.6) is 0 Å². The predicted molar refractivity (Wildman–Crippen MR) is 91.8 cm³/mol. The normalized spacial score (nSPS) is 20.0. The van der Waals surface area contributed by atoms with Gasteiger partial charge in [-0.1, -0.05) is 13.0 Å². The van der Waals surface area contributed by atoms with Crippen molar-refractivity contribution >= 4 is 11.8 Å². The molecule has 1 N–H and O–H groups in total. The van der Waals surface area contributed by atoms with Gasteiger partial charge in [-0.25, -0.2) is 0 Å². The molecule has 7 heteroatoms. The molecular weight excluding hydrogens is 318 g/mol. The Bertz CT molecular complexity index is 793. The molecule has 0 spiro atoms. The summed E-state index contributed by atoms with van der Waals surface area (Å²) in [6.07, 6.45) is 4.30. The van der Waals surface area contributed by atoms with E-state index < -0.39 is 0 Å². The molecule has 3 heterocycles. The van der Waals surface area contributed by atoms with Crippen molar-refractivity contribution in [1.82, 2.24) is 25.4 Å². The zero-order valence-corrected chi connectivity index (χ0v) is 14.6. The van der Waals surface area contributed by atoms with Gasteiger partial charge in [-0.15, -0.1) is 0 Å². The molecule has 3 rings (SSSR count). The van der Waals surface area contributed by atoms with Crippen LogP contribution in [0.3, 0.4) is 0 Å². The Kier molecular flexibility index (Phi) is 4.74. The van der Waals surface area contributed by atoms with E-state index in [0.29, 0.717) is 23.4 Å². The molecule has 2 aromatic heterocycles. The fraction of sp³-hybridized carbons (Fsp3) is 0.389. The number of aromatic nitrogens is 3. The largest absolute Gasteiger partial charge is 0.346 e. The van der Waals surface area contributed by atoms with E-state index in [4.69, 9.17) is 0 Å². The number of rotatable bonds is 4. The third-order valence-electron chi connectivity index (χ3n) is 4.50. The average Bonchev–Trinajstić information content (AvgIpc) is 2.89. The highest BCUT2D eigenvalue weighted by molar-refractivity contribution is 5.96.